The highest BCUT2D eigenvalue weighted by Gasteiger charge is 2.23. The van der Waals surface area contributed by atoms with Gasteiger partial charge in [0.25, 0.3) is 0 Å². The van der Waals surface area contributed by atoms with E-state index in [0.717, 1.165) is 5.56 Å². The van der Waals surface area contributed by atoms with Crippen LogP contribution >= 0.6 is 9.24 Å². The predicted octanol–water partition coefficient (Wildman–Crippen LogP) is 3.35. The normalized spacial score (nSPS) is 11.0. The standard InChI is InChI=1S/C15H14F4NOP/c1-7-2-3-8(10(20)4-7)5-21-6-9-11(16)13(18)14(19)15(22)12(9)17/h2-4H,5-6,20,22H2,1H3. The van der Waals surface area contributed by atoms with E-state index in [1.165, 1.54) is 0 Å². The van der Waals surface area contributed by atoms with Gasteiger partial charge < -0.3 is 10.5 Å². The van der Waals surface area contributed by atoms with Crippen LogP contribution in [0.25, 0.3) is 0 Å². The molecule has 2 N–H and O–H groups in total. The number of aryl methyl sites for hydroxylation is 1. The van der Waals surface area contributed by atoms with Crippen LogP contribution in [0.2, 0.25) is 0 Å². The van der Waals surface area contributed by atoms with Gasteiger partial charge in [0.05, 0.1) is 18.8 Å². The molecule has 0 amide bonds. The number of anilines is 1. The smallest absolute Gasteiger partial charge is 0.195 e. The molecule has 2 rings (SSSR count). The van der Waals surface area contributed by atoms with E-state index in [1.54, 1.807) is 21.4 Å². The maximum absolute atomic E-state index is 13.8. The van der Waals surface area contributed by atoms with Crippen LogP contribution in [0.4, 0.5) is 23.2 Å². The summed E-state index contributed by atoms with van der Waals surface area (Å²) < 4.78 is 59.0. The number of ether oxygens (including phenoxy) is 1. The number of hydrogen-bond donors (Lipinski definition) is 1. The van der Waals surface area contributed by atoms with E-state index in [2.05, 4.69) is 0 Å². The quantitative estimate of drug-likeness (QED) is 0.307. The summed E-state index contributed by atoms with van der Waals surface area (Å²) in [6, 6.07) is 5.27. The van der Waals surface area contributed by atoms with Gasteiger partial charge in [0.15, 0.2) is 17.5 Å². The highest BCUT2D eigenvalue weighted by molar-refractivity contribution is 7.27. The minimum atomic E-state index is -1.72. The van der Waals surface area contributed by atoms with Crippen molar-refractivity contribution in [2.45, 2.75) is 20.1 Å². The third-order valence-corrected chi connectivity index (χ3v) is 3.70. The molecular formula is C15H14F4NOP. The fourth-order valence-electron chi connectivity index (χ4n) is 1.94. The van der Waals surface area contributed by atoms with Gasteiger partial charge in [-0.25, -0.2) is 17.6 Å². The molecule has 7 heteroatoms. The molecule has 0 fully saturated rings. The second-order valence-electron chi connectivity index (χ2n) is 4.84. The van der Waals surface area contributed by atoms with Crippen LogP contribution in [0.3, 0.4) is 0 Å². The molecule has 0 radical (unpaired) electrons. The topological polar surface area (TPSA) is 35.2 Å². The van der Waals surface area contributed by atoms with Crippen LogP contribution in [-0.2, 0) is 18.0 Å². The van der Waals surface area contributed by atoms with E-state index in [0.29, 0.717) is 11.3 Å². The van der Waals surface area contributed by atoms with Crippen molar-refractivity contribution in [3.63, 3.8) is 0 Å². The molecule has 0 saturated heterocycles. The van der Waals surface area contributed by atoms with Gasteiger partial charge in [-0.2, -0.15) is 0 Å². The molecule has 2 nitrogen and oxygen atoms in total. The number of rotatable bonds is 4. The van der Waals surface area contributed by atoms with Gasteiger partial charge in [-0.1, -0.05) is 21.4 Å². The van der Waals surface area contributed by atoms with Crippen molar-refractivity contribution in [3.05, 3.63) is 58.2 Å². The summed E-state index contributed by atoms with van der Waals surface area (Å²) in [5, 5.41) is -0.660. The Bertz CT molecular complexity index is 692. The Morgan fingerprint density at radius 3 is 2.32 bits per heavy atom. The largest absolute Gasteiger partial charge is 0.398 e. The molecule has 0 spiro atoms. The van der Waals surface area contributed by atoms with Crippen LogP contribution in [0.15, 0.2) is 18.2 Å². The summed E-state index contributed by atoms with van der Waals surface area (Å²) >= 11 is 0. The third-order valence-electron chi connectivity index (χ3n) is 3.19. The molecular weight excluding hydrogens is 317 g/mol. The SMILES string of the molecule is Cc1ccc(COCc2c(F)c(F)c(F)c(P)c2F)c(N)c1. The zero-order valence-electron chi connectivity index (χ0n) is 11.7. The second-order valence-corrected chi connectivity index (χ2v) is 5.42. The van der Waals surface area contributed by atoms with E-state index in [1.807, 2.05) is 13.0 Å². The Balaban J connectivity index is 2.16. The van der Waals surface area contributed by atoms with Crippen molar-refractivity contribution in [2.24, 2.45) is 0 Å². The molecule has 0 aliphatic rings. The lowest BCUT2D eigenvalue weighted by molar-refractivity contribution is 0.102. The minimum Gasteiger partial charge on any atom is -0.398 e. The number of nitrogens with two attached hydrogens (primary N) is 1. The third kappa shape index (κ3) is 3.23. The molecule has 0 bridgehead atoms. The molecule has 118 valence electrons. The lowest BCUT2D eigenvalue weighted by atomic mass is 10.1. The van der Waals surface area contributed by atoms with Crippen LogP contribution in [0, 0.1) is 30.2 Å². The first-order valence-electron chi connectivity index (χ1n) is 6.36. The second kappa shape index (κ2) is 6.63. The van der Waals surface area contributed by atoms with Gasteiger partial charge in [0.2, 0.25) is 0 Å². The van der Waals surface area contributed by atoms with E-state index in [-0.39, 0.29) is 6.61 Å². The van der Waals surface area contributed by atoms with Gasteiger partial charge >= 0.3 is 0 Å². The number of halogens is 4. The molecule has 0 aromatic heterocycles. The number of hydrogen-bond acceptors (Lipinski definition) is 2. The summed E-state index contributed by atoms with van der Waals surface area (Å²) in [5.74, 6) is -6.05. The summed E-state index contributed by atoms with van der Waals surface area (Å²) in [4.78, 5) is 0. The molecule has 2 aromatic rings. The first-order valence-corrected chi connectivity index (χ1v) is 6.93. The van der Waals surface area contributed by atoms with E-state index >= 15 is 0 Å². The fourth-order valence-corrected chi connectivity index (χ4v) is 2.24. The first kappa shape index (κ1) is 16.7. The van der Waals surface area contributed by atoms with Crippen LogP contribution in [0.5, 0.6) is 0 Å². The average Bonchev–Trinajstić information content (AvgIpc) is 2.48. The van der Waals surface area contributed by atoms with E-state index in [4.69, 9.17) is 10.5 Å². The Kier molecular flexibility index (Phi) is 5.04. The zero-order valence-corrected chi connectivity index (χ0v) is 12.9. The Labute approximate surface area is 127 Å². The fraction of sp³-hybridized carbons (Fsp3) is 0.200. The lowest BCUT2D eigenvalue weighted by Crippen LogP contribution is -2.16. The molecule has 0 aliphatic carbocycles. The minimum absolute atomic E-state index is 0.00379. The molecule has 22 heavy (non-hydrogen) atoms. The van der Waals surface area contributed by atoms with Crippen LogP contribution in [-0.4, -0.2) is 0 Å². The maximum atomic E-state index is 13.8. The van der Waals surface area contributed by atoms with Crippen molar-refractivity contribution >= 4 is 20.2 Å². The van der Waals surface area contributed by atoms with Crippen LogP contribution in [0.1, 0.15) is 16.7 Å². The van der Waals surface area contributed by atoms with Crippen molar-refractivity contribution in [2.75, 3.05) is 5.73 Å². The van der Waals surface area contributed by atoms with Gasteiger partial charge in [0, 0.05) is 16.6 Å². The van der Waals surface area contributed by atoms with Crippen molar-refractivity contribution < 1.29 is 22.3 Å². The molecule has 1 unspecified atom stereocenters. The average molecular weight is 331 g/mol. The maximum Gasteiger partial charge on any atom is 0.195 e. The molecule has 0 aliphatic heterocycles. The summed E-state index contributed by atoms with van der Waals surface area (Å²) in [5.41, 5.74) is 7.22. The predicted molar refractivity (Wildman–Crippen MR) is 79.7 cm³/mol. The highest BCUT2D eigenvalue weighted by Crippen LogP contribution is 2.21. The molecule has 2 aromatic carbocycles. The van der Waals surface area contributed by atoms with E-state index < -0.39 is 40.7 Å². The Morgan fingerprint density at radius 2 is 1.68 bits per heavy atom. The monoisotopic (exact) mass is 331 g/mol. The van der Waals surface area contributed by atoms with Gasteiger partial charge in [-0.15, -0.1) is 0 Å². The summed E-state index contributed by atoms with van der Waals surface area (Å²) in [6.45, 7) is 1.33. The van der Waals surface area contributed by atoms with Gasteiger partial charge in [-0.3, -0.25) is 0 Å². The Hall–Kier alpha value is -1.65. The van der Waals surface area contributed by atoms with Crippen LogP contribution < -0.4 is 11.0 Å². The summed E-state index contributed by atoms with van der Waals surface area (Å²) in [7, 11) is 1.70. The zero-order chi connectivity index (χ0) is 16.4. The highest BCUT2D eigenvalue weighted by atomic mass is 31.0. The van der Waals surface area contributed by atoms with Crippen molar-refractivity contribution in [1.29, 1.82) is 0 Å². The number of benzene rings is 2. The molecule has 1 atom stereocenters. The lowest BCUT2D eigenvalue weighted by Gasteiger charge is -2.11. The number of nitrogen functional groups attached to an aromatic ring is 1. The van der Waals surface area contributed by atoms with Crippen molar-refractivity contribution in [1.82, 2.24) is 0 Å². The molecule has 0 saturated carbocycles. The molecule has 0 heterocycles. The van der Waals surface area contributed by atoms with Gasteiger partial charge in [-0.05, 0) is 18.6 Å². The van der Waals surface area contributed by atoms with Gasteiger partial charge in [0.1, 0.15) is 5.82 Å². The summed E-state index contributed by atoms with van der Waals surface area (Å²) in [6.07, 6.45) is 0. The Morgan fingerprint density at radius 1 is 1.00 bits per heavy atom. The van der Waals surface area contributed by atoms with E-state index in [9.17, 15) is 17.6 Å². The first-order chi connectivity index (χ1) is 10.3. The van der Waals surface area contributed by atoms with Crippen molar-refractivity contribution in [3.8, 4) is 0 Å².